The van der Waals surface area contributed by atoms with Crippen molar-refractivity contribution in [1.29, 1.82) is 0 Å². The molecule has 1 N–H and O–H groups in total. The van der Waals surface area contributed by atoms with Crippen LogP contribution in [0, 0.1) is 6.92 Å². The Bertz CT molecular complexity index is 507. The van der Waals surface area contributed by atoms with Crippen LogP contribution in [0.2, 0.25) is 0 Å². The third-order valence-electron chi connectivity index (χ3n) is 3.69. The summed E-state index contributed by atoms with van der Waals surface area (Å²) >= 11 is 0. The first-order valence-electron chi connectivity index (χ1n) is 5.30. The molecule has 0 bridgehead atoms. The van der Waals surface area contributed by atoms with E-state index in [0.29, 0.717) is 5.92 Å². The molecule has 0 spiro atoms. The highest BCUT2D eigenvalue weighted by molar-refractivity contribution is 5.88. The van der Waals surface area contributed by atoms with Gasteiger partial charge in [0.15, 0.2) is 0 Å². The van der Waals surface area contributed by atoms with Crippen molar-refractivity contribution >= 4 is 10.9 Å². The third kappa shape index (κ3) is 0.802. The van der Waals surface area contributed by atoms with Gasteiger partial charge in [-0.25, -0.2) is 0 Å². The minimum absolute atomic E-state index is 0.706. The first kappa shape index (κ1) is 8.10. The summed E-state index contributed by atoms with van der Waals surface area (Å²) in [7, 11) is 0. The molecule has 0 fully saturated rings. The van der Waals surface area contributed by atoms with Crippen LogP contribution in [0.3, 0.4) is 0 Å². The molecule has 2 aromatic rings. The molecule has 0 amide bonds. The maximum atomic E-state index is 3.52. The first-order chi connectivity index (χ1) is 6.68. The predicted octanol–water partition coefficient (Wildman–Crippen LogP) is 3.70. The Morgan fingerprint density at radius 3 is 2.71 bits per heavy atom. The molecule has 0 saturated heterocycles. The lowest BCUT2D eigenvalue weighted by Gasteiger charge is -2.31. The average molecular weight is 185 g/mol. The van der Waals surface area contributed by atoms with Crippen LogP contribution in [0.15, 0.2) is 18.2 Å². The topological polar surface area (TPSA) is 15.8 Å². The van der Waals surface area contributed by atoms with Gasteiger partial charge in [0.25, 0.3) is 0 Å². The van der Waals surface area contributed by atoms with Crippen molar-refractivity contribution in [2.45, 2.75) is 32.6 Å². The molecule has 1 heterocycles. The molecule has 1 heteroatoms. The zero-order valence-electron chi connectivity index (χ0n) is 8.89. The number of aryl methyl sites for hydroxylation is 1. The van der Waals surface area contributed by atoms with E-state index in [1.165, 1.54) is 22.2 Å². The number of benzene rings is 1. The number of aromatic nitrogens is 1. The third-order valence-corrected chi connectivity index (χ3v) is 3.69. The highest BCUT2D eigenvalue weighted by Gasteiger charge is 2.34. The molecular formula is C13H15N. The summed E-state index contributed by atoms with van der Waals surface area (Å²) in [6, 6.07) is 6.67. The highest BCUT2D eigenvalue weighted by atomic mass is 14.8. The summed E-state index contributed by atoms with van der Waals surface area (Å²) in [4.78, 5) is 3.52. The molecule has 3 rings (SSSR count). The number of hydrogen-bond donors (Lipinski definition) is 1. The Morgan fingerprint density at radius 2 is 1.93 bits per heavy atom. The average Bonchev–Trinajstić information content (AvgIpc) is 2.52. The maximum absolute atomic E-state index is 3.52. The van der Waals surface area contributed by atoms with Crippen molar-refractivity contribution < 1.29 is 0 Å². The van der Waals surface area contributed by atoms with Crippen molar-refractivity contribution in [3.63, 3.8) is 0 Å². The molecule has 2 atom stereocenters. The molecule has 14 heavy (non-hydrogen) atoms. The zero-order valence-corrected chi connectivity index (χ0v) is 8.89. The summed E-state index contributed by atoms with van der Waals surface area (Å²) in [5, 5.41) is 1.44. The fourth-order valence-electron chi connectivity index (χ4n) is 2.60. The zero-order chi connectivity index (χ0) is 9.87. The normalized spacial score (nSPS) is 24.8. The van der Waals surface area contributed by atoms with Crippen LogP contribution >= 0.6 is 0 Å². The van der Waals surface area contributed by atoms with Crippen LogP contribution in [0.4, 0.5) is 0 Å². The lowest BCUT2D eigenvalue weighted by atomic mass is 9.73. The molecule has 1 aliphatic rings. The number of nitrogens with one attached hydrogen (secondary N) is 1. The van der Waals surface area contributed by atoms with Gasteiger partial charge in [-0.15, -0.1) is 0 Å². The molecule has 2 unspecified atom stereocenters. The summed E-state index contributed by atoms with van der Waals surface area (Å²) in [6.07, 6.45) is 0. The van der Waals surface area contributed by atoms with E-state index < -0.39 is 0 Å². The van der Waals surface area contributed by atoms with Crippen molar-refractivity contribution in [3.8, 4) is 0 Å². The van der Waals surface area contributed by atoms with E-state index in [2.05, 4.69) is 44.0 Å². The van der Waals surface area contributed by atoms with Gasteiger partial charge in [-0.3, -0.25) is 0 Å². The van der Waals surface area contributed by atoms with Gasteiger partial charge in [-0.2, -0.15) is 0 Å². The molecular weight excluding hydrogens is 170 g/mol. The van der Waals surface area contributed by atoms with Crippen molar-refractivity contribution in [2.75, 3.05) is 0 Å². The number of hydrogen-bond acceptors (Lipinski definition) is 0. The smallest absolute Gasteiger partial charge is 0.0459 e. The minimum atomic E-state index is 0.706. The molecule has 0 aliphatic heterocycles. The van der Waals surface area contributed by atoms with E-state index >= 15 is 0 Å². The maximum Gasteiger partial charge on any atom is 0.0459 e. The second-order valence-corrected chi connectivity index (χ2v) is 4.58. The van der Waals surface area contributed by atoms with Gasteiger partial charge >= 0.3 is 0 Å². The quantitative estimate of drug-likeness (QED) is 0.644. The molecule has 1 aliphatic carbocycles. The molecule has 0 saturated carbocycles. The Kier molecular flexibility index (Phi) is 1.40. The monoisotopic (exact) mass is 185 g/mol. The number of aromatic amines is 1. The van der Waals surface area contributed by atoms with Crippen LogP contribution in [0.1, 0.15) is 42.5 Å². The molecule has 1 aromatic heterocycles. The van der Waals surface area contributed by atoms with E-state index in [-0.39, 0.29) is 0 Å². The standard InChI is InChI=1S/C13H15N/c1-7-4-5-11-10(6-7)12-8(2)9(3)13(12)14-11/h4-6,8-9,14H,1-3H3. The van der Waals surface area contributed by atoms with Gasteiger partial charge in [-0.05, 0) is 30.5 Å². The van der Waals surface area contributed by atoms with E-state index in [1.54, 1.807) is 5.56 Å². The summed E-state index contributed by atoms with van der Waals surface area (Å²) in [6.45, 7) is 6.78. The van der Waals surface area contributed by atoms with Gasteiger partial charge in [0, 0.05) is 22.5 Å². The van der Waals surface area contributed by atoms with Gasteiger partial charge in [-0.1, -0.05) is 25.5 Å². The summed E-state index contributed by atoms with van der Waals surface area (Å²) in [5.74, 6) is 1.43. The van der Waals surface area contributed by atoms with Gasteiger partial charge in [0.2, 0.25) is 0 Å². The second-order valence-electron chi connectivity index (χ2n) is 4.58. The molecule has 1 aromatic carbocycles. The van der Waals surface area contributed by atoms with Crippen LogP contribution in [0.25, 0.3) is 10.9 Å². The van der Waals surface area contributed by atoms with Gasteiger partial charge in [0.1, 0.15) is 0 Å². The summed E-state index contributed by atoms with van der Waals surface area (Å²) < 4.78 is 0. The Morgan fingerprint density at radius 1 is 1.14 bits per heavy atom. The predicted molar refractivity (Wildman–Crippen MR) is 59.9 cm³/mol. The number of H-pyrrole nitrogens is 1. The van der Waals surface area contributed by atoms with Crippen LogP contribution in [0.5, 0.6) is 0 Å². The summed E-state index contributed by atoms with van der Waals surface area (Å²) in [5.41, 5.74) is 5.66. The van der Waals surface area contributed by atoms with Crippen molar-refractivity contribution in [1.82, 2.24) is 4.98 Å². The molecule has 72 valence electrons. The fourth-order valence-corrected chi connectivity index (χ4v) is 2.60. The molecule has 0 radical (unpaired) electrons. The fraction of sp³-hybridized carbons (Fsp3) is 0.385. The van der Waals surface area contributed by atoms with Gasteiger partial charge in [0.05, 0.1) is 0 Å². The lowest BCUT2D eigenvalue weighted by Crippen LogP contribution is -2.17. The van der Waals surface area contributed by atoms with E-state index in [0.717, 1.165) is 5.92 Å². The van der Waals surface area contributed by atoms with E-state index in [1.807, 2.05) is 0 Å². The van der Waals surface area contributed by atoms with E-state index in [4.69, 9.17) is 0 Å². The van der Waals surface area contributed by atoms with Crippen LogP contribution in [-0.4, -0.2) is 4.98 Å². The van der Waals surface area contributed by atoms with Gasteiger partial charge < -0.3 is 4.98 Å². The SMILES string of the molecule is Cc1ccc2[nH]c3c(c2c1)C(C)C3C. The highest BCUT2D eigenvalue weighted by Crippen LogP contribution is 2.49. The number of rotatable bonds is 0. The van der Waals surface area contributed by atoms with Crippen molar-refractivity contribution in [2.24, 2.45) is 0 Å². The Balaban J connectivity index is 2.36. The second kappa shape index (κ2) is 2.41. The van der Waals surface area contributed by atoms with Crippen LogP contribution < -0.4 is 0 Å². The Hall–Kier alpha value is -1.24. The largest absolute Gasteiger partial charge is 0.358 e. The number of fused-ring (bicyclic) bond motifs is 3. The first-order valence-corrected chi connectivity index (χ1v) is 5.30. The van der Waals surface area contributed by atoms with Crippen molar-refractivity contribution in [3.05, 3.63) is 35.0 Å². The Labute approximate surface area is 84.1 Å². The van der Waals surface area contributed by atoms with Crippen LogP contribution in [-0.2, 0) is 0 Å². The molecule has 1 nitrogen and oxygen atoms in total. The minimum Gasteiger partial charge on any atom is -0.358 e. The lowest BCUT2D eigenvalue weighted by molar-refractivity contribution is 0.535. The van der Waals surface area contributed by atoms with E-state index in [9.17, 15) is 0 Å².